The lowest BCUT2D eigenvalue weighted by Crippen LogP contribution is -1.97. The number of hydrogen-bond acceptors (Lipinski definition) is 5. The minimum atomic E-state index is -0.979. The number of fused-ring (bicyclic) bond motifs is 1. The smallest absolute Gasteiger partial charge is 0.336 e. The van der Waals surface area contributed by atoms with Crippen LogP contribution in [0.15, 0.2) is 51.3 Å². The summed E-state index contributed by atoms with van der Waals surface area (Å²) in [5, 5.41) is 17.6. The molecule has 0 saturated heterocycles. The van der Waals surface area contributed by atoms with Crippen molar-refractivity contribution in [3.05, 3.63) is 47.0 Å². The van der Waals surface area contributed by atoms with E-state index in [0.717, 1.165) is 4.90 Å². The Labute approximate surface area is 126 Å². The third kappa shape index (κ3) is 2.39. The molecule has 8 heteroatoms. The van der Waals surface area contributed by atoms with Crippen molar-refractivity contribution in [1.82, 2.24) is 19.6 Å². The zero-order valence-corrected chi connectivity index (χ0v) is 12.3. The summed E-state index contributed by atoms with van der Waals surface area (Å²) in [7, 11) is 0. The van der Waals surface area contributed by atoms with E-state index in [0.29, 0.717) is 15.1 Å². The van der Waals surface area contributed by atoms with Gasteiger partial charge in [0.25, 0.3) is 0 Å². The van der Waals surface area contributed by atoms with Crippen LogP contribution in [-0.2, 0) is 0 Å². The predicted molar refractivity (Wildman–Crippen MR) is 76.0 cm³/mol. The van der Waals surface area contributed by atoms with Crippen molar-refractivity contribution in [1.29, 1.82) is 0 Å². The molecule has 3 aromatic rings. The Morgan fingerprint density at radius 3 is 3.05 bits per heavy atom. The van der Waals surface area contributed by atoms with E-state index in [1.165, 1.54) is 11.8 Å². The SMILES string of the molecule is O=C(O)c1cc(Sc2nccn3cnnc23)ccc1Br. The maximum atomic E-state index is 11.1. The molecule has 0 aliphatic carbocycles. The fraction of sp³-hybridized carbons (Fsp3) is 0. The first-order valence-corrected chi connectivity index (χ1v) is 7.11. The molecule has 0 amide bonds. The molecule has 2 heterocycles. The van der Waals surface area contributed by atoms with Crippen molar-refractivity contribution in [2.24, 2.45) is 0 Å². The van der Waals surface area contributed by atoms with Gasteiger partial charge in [0.1, 0.15) is 11.4 Å². The zero-order chi connectivity index (χ0) is 14.1. The number of aromatic carboxylic acids is 1. The average Bonchev–Trinajstić information content (AvgIpc) is 2.90. The van der Waals surface area contributed by atoms with Crippen molar-refractivity contribution >= 4 is 39.3 Å². The maximum Gasteiger partial charge on any atom is 0.336 e. The Hall–Kier alpha value is -1.93. The molecule has 0 bridgehead atoms. The molecule has 0 saturated carbocycles. The molecule has 1 N–H and O–H groups in total. The van der Waals surface area contributed by atoms with Crippen LogP contribution in [0.25, 0.3) is 5.65 Å². The predicted octanol–water partition coefficient (Wildman–Crippen LogP) is 2.74. The van der Waals surface area contributed by atoms with E-state index in [4.69, 9.17) is 5.11 Å². The quantitative estimate of drug-likeness (QED) is 0.782. The highest BCUT2D eigenvalue weighted by molar-refractivity contribution is 9.10. The van der Waals surface area contributed by atoms with Gasteiger partial charge >= 0.3 is 5.97 Å². The second-order valence-electron chi connectivity index (χ2n) is 3.84. The third-order valence-electron chi connectivity index (χ3n) is 2.57. The van der Waals surface area contributed by atoms with E-state index in [1.54, 1.807) is 35.3 Å². The molecule has 6 nitrogen and oxygen atoms in total. The van der Waals surface area contributed by atoms with Crippen molar-refractivity contribution in [2.45, 2.75) is 9.92 Å². The molecular formula is C12H7BrN4O2S. The van der Waals surface area contributed by atoms with Crippen molar-refractivity contribution in [3.8, 4) is 0 Å². The van der Waals surface area contributed by atoms with Gasteiger partial charge in [0.2, 0.25) is 0 Å². The highest BCUT2D eigenvalue weighted by Crippen LogP contribution is 2.31. The van der Waals surface area contributed by atoms with Gasteiger partial charge in [-0.05, 0) is 34.1 Å². The first-order valence-electron chi connectivity index (χ1n) is 5.50. The number of carboxylic acid groups (broad SMARTS) is 1. The van der Waals surface area contributed by atoms with Gasteiger partial charge in [0, 0.05) is 21.8 Å². The third-order valence-corrected chi connectivity index (χ3v) is 4.23. The molecule has 0 fully saturated rings. The molecule has 0 aliphatic rings. The average molecular weight is 351 g/mol. The van der Waals surface area contributed by atoms with E-state index in [1.807, 2.05) is 6.07 Å². The van der Waals surface area contributed by atoms with Crippen LogP contribution in [0, 0.1) is 0 Å². The van der Waals surface area contributed by atoms with Crippen LogP contribution in [0.3, 0.4) is 0 Å². The summed E-state index contributed by atoms with van der Waals surface area (Å²) < 4.78 is 2.30. The number of aromatic nitrogens is 4. The molecule has 0 spiro atoms. The van der Waals surface area contributed by atoms with Gasteiger partial charge in [-0.3, -0.25) is 4.40 Å². The van der Waals surface area contributed by atoms with Gasteiger partial charge in [-0.15, -0.1) is 10.2 Å². The van der Waals surface area contributed by atoms with Crippen LogP contribution in [0.2, 0.25) is 0 Å². The van der Waals surface area contributed by atoms with Crippen LogP contribution >= 0.6 is 27.7 Å². The van der Waals surface area contributed by atoms with Gasteiger partial charge in [-0.1, -0.05) is 11.8 Å². The second kappa shape index (κ2) is 5.22. The van der Waals surface area contributed by atoms with Gasteiger partial charge in [-0.2, -0.15) is 0 Å². The maximum absolute atomic E-state index is 11.1. The Bertz CT molecular complexity index is 805. The molecule has 0 atom stereocenters. The molecule has 0 aliphatic heterocycles. The summed E-state index contributed by atoms with van der Waals surface area (Å²) in [6.07, 6.45) is 4.99. The summed E-state index contributed by atoms with van der Waals surface area (Å²) in [5.74, 6) is -0.979. The molecule has 1 aromatic carbocycles. The Kier molecular flexibility index (Phi) is 3.41. The van der Waals surface area contributed by atoms with E-state index in [9.17, 15) is 4.79 Å². The normalized spacial score (nSPS) is 10.8. The number of carboxylic acids is 1. The Balaban J connectivity index is 2.01. The van der Waals surface area contributed by atoms with Crippen LogP contribution in [0.4, 0.5) is 0 Å². The van der Waals surface area contributed by atoms with Gasteiger partial charge in [0.15, 0.2) is 5.65 Å². The van der Waals surface area contributed by atoms with Crippen LogP contribution in [0.1, 0.15) is 10.4 Å². The lowest BCUT2D eigenvalue weighted by molar-refractivity contribution is 0.0695. The van der Waals surface area contributed by atoms with Gasteiger partial charge in [0.05, 0.1) is 5.56 Å². The molecule has 2 aromatic heterocycles. The van der Waals surface area contributed by atoms with Crippen molar-refractivity contribution in [2.75, 3.05) is 0 Å². The second-order valence-corrected chi connectivity index (χ2v) is 5.76. The molecular weight excluding hydrogens is 344 g/mol. The number of nitrogens with zero attached hydrogens (tertiary/aromatic N) is 4. The minimum absolute atomic E-state index is 0.211. The minimum Gasteiger partial charge on any atom is -0.478 e. The Morgan fingerprint density at radius 1 is 1.40 bits per heavy atom. The number of halogens is 1. The standard InChI is InChI=1S/C12H7BrN4O2S/c13-9-2-1-7(5-8(9)12(18)19)20-11-10-16-15-6-17(10)4-3-14-11/h1-6H,(H,18,19). The van der Waals surface area contributed by atoms with Crippen LogP contribution in [0.5, 0.6) is 0 Å². The summed E-state index contributed by atoms with van der Waals surface area (Å²) in [6.45, 7) is 0. The van der Waals surface area contributed by atoms with Crippen LogP contribution < -0.4 is 0 Å². The lowest BCUT2D eigenvalue weighted by Gasteiger charge is -2.04. The van der Waals surface area contributed by atoms with E-state index < -0.39 is 5.97 Å². The first kappa shape index (κ1) is 13.1. The molecule has 3 rings (SSSR count). The highest BCUT2D eigenvalue weighted by atomic mass is 79.9. The topological polar surface area (TPSA) is 80.4 Å². The van der Waals surface area contributed by atoms with Crippen LogP contribution in [-0.4, -0.2) is 30.7 Å². The fourth-order valence-electron chi connectivity index (χ4n) is 1.65. The van der Waals surface area contributed by atoms with Gasteiger partial charge in [-0.25, -0.2) is 9.78 Å². The number of benzene rings is 1. The molecule has 0 unspecified atom stereocenters. The summed E-state index contributed by atoms with van der Waals surface area (Å²) in [6, 6.07) is 5.12. The molecule has 20 heavy (non-hydrogen) atoms. The number of rotatable bonds is 3. The first-order chi connectivity index (χ1) is 9.65. The fourth-order valence-corrected chi connectivity index (χ4v) is 2.95. The molecule has 100 valence electrons. The largest absolute Gasteiger partial charge is 0.478 e. The summed E-state index contributed by atoms with van der Waals surface area (Å²) >= 11 is 4.56. The highest BCUT2D eigenvalue weighted by Gasteiger charge is 2.12. The summed E-state index contributed by atoms with van der Waals surface area (Å²) in [5.41, 5.74) is 0.848. The van der Waals surface area contributed by atoms with E-state index in [-0.39, 0.29) is 5.56 Å². The Morgan fingerprint density at radius 2 is 2.25 bits per heavy atom. The number of hydrogen-bond donors (Lipinski definition) is 1. The molecule has 0 radical (unpaired) electrons. The van der Waals surface area contributed by atoms with E-state index in [2.05, 4.69) is 31.1 Å². The zero-order valence-electron chi connectivity index (χ0n) is 9.89. The summed E-state index contributed by atoms with van der Waals surface area (Å²) in [4.78, 5) is 16.1. The van der Waals surface area contributed by atoms with E-state index >= 15 is 0 Å². The number of carbonyl (C=O) groups is 1. The van der Waals surface area contributed by atoms with Gasteiger partial charge < -0.3 is 5.11 Å². The van der Waals surface area contributed by atoms with Crippen molar-refractivity contribution < 1.29 is 9.90 Å². The lowest BCUT2D eigenvalue weighted by atomic mass is 10.2. The monoisotopic (exact) mass is 350 g/mol. The van der Waals surface area contributed by atoms with Crippen molar-refractivity contribution in [3.63, 3.8) is 0 Å².